The molecule has 4 heteroatoms. The second-order valence-corrected chi connectivity index (χ2v) is 2.36. The third-order valence-electron chi connectivity index (χ3n) is 1.34. The summed E-state index contributed by atoms with van der Waals surface area (Å²) in [6, 6.07) is 0. The standard InChI is InChI=1S/C9H11NO3/c1-2-12-9(11)7-8-5-3-4-6-13-10-8/h3-6H,2,7H2,1H3. The Kier molecular flexibility index (Phi) is 3.75. The Bertz CT molecular complexity index is 266. The third kappa shape index (κ3) is 3.55. The van der Waals surface area contributed by atoms with E-state index in [1.807, 2.05) is 0 Å². The van der Waals surface area contributed by atoms with Gasteiger partial charge in [0, 0.05) is 0 Å². The first kappa shape index (κ1) is 9.51. The van der Waals surface area contributed by atoms with Gasteiger partial charge in [0.2, 0.25) is 0 Å². The number of nitrogens with zero attached hydrogens (tertiary/aromatic N) is 1. The molecule has 1 aliphatic rings. The number of rotatable bonds is 3. The van der Waals surface area contributed by atoms with Crippen LogP contribution in [0, 0.1) is 0 Å². The van der Waals surface area contributed by atoms with Gasteiger partial charge in [-0.2, -0.15) is 0 Å². The predicted octanol–water partition coefficient (Wildman–Crippen LogP) is 1.40. The highest BCUT2D eigenvalue weighted by molar-refractivity contribution is 6.05. The molecule has 1 rings (SSSR count). The molecule has 0 fully saturated rings. The van der Waals surface area contributed by atoms with Crippen molar-refractivity contribution in [1.29, 1.82) is 0 Å². The van der Waals surface area contributed by atoms with Crippen molar-refractivity contribution in [2.45, 2.75) is 13.3 Å². The normalized spacial score (nSPS) is 14.4. The Balaban J connectivity index is 2.44. The maximum Gasteiger partial charge on any atom is 0.311 e. The number of carbonyl (C=O) groups is 1. The maximum absolute atomic E-state index is 11.0. The fourth-order valence-corrected chi connectivity index (χ4v) is 0.827. The van der Waals surface area contributed by atoms with E-state index in [0.29, 0.717) is 12.3 Å². The monoisotopic (exact) mass is 181 g/mol. The zero-order valence-electron chi connectivity index (χ0n) is 7.40. The van der Waals surface area contributed by atoms with Crippen molar-refractivity contribution >= 4 is 11.7 Å². The van der Waals surface area contributed by atoms with Gasteiger partial charge in [-0.25, -0.2) is 0 Å². The van der Waals surface area contributed by atoms with E-state index in [1.54, 1.807) is 25.2 Å². The number of hydrogen-bond acceptors (Lipinski definition) is 4. The van der Waals surface area contributed by atoms with Gasteiger partial charge in [-0.15, -0.1) is 0 Å². The van der Waals surface area contributed by atoms with Crippen LogP contribution in [0.15, 0.2) is 29.6 Å². The highest BCUT2D eigenvalue weighted by atomic mass is 16.6. The second kappa shape index (κ2) is 5.13. The molecule has 0 aromatic heterocycles. The van der Waals surface area contributed by atoms with E-state index in [0.717, 1.165) is 0 Å². The molecule has 0 saturated heterocycles. The molecule has 0 spiro atoms. The molecule has 0 amide bonds. The summed E-state index contributed by atoms with van der Waals surface area (Å²) in [7, 11) is 0. The van der Waals surface area contributed by atoms with E-state index in [9.17, 15) is 4.79 Å². The lowest BCUT2D eigenvalue weighted by Gasteiger charge is -1.99. The fourth-order valence-electron chi connectivity index (χ4n) is 0.827. The van der Waals surface area contributed by atoms with Crippen LogP contribution >= 0.6 is 0 Å². The zero-order chi connectivity index (χ0) is 9.52. The van der Waals surface area contributed by atoms with Gasteiger partial charge in [-0.1, -0.05) is 11.2 Å². The lowest BCUT2D eigenvalue weighted by atomic mass is 10.2. The molecule has 0 unspecified atom stereocenters. The molecular formula is C9H11NO3. The molecular weight excluding hydrogens is 170 g/mol. The molecule has 0 radical (unpaired) electrons. The van der Waals surface area contributed by atoms with E-state index >= 15 is 0 Å². The van der Waals surface area contributed by atoms with Crippen molar-refractivity contribution in [1.82, 2.24) is 0 Å². The molecule has 13 heavy (non-hydrogen) atoms. The van der Waals surface area contributed by atoms with Crippen LogP contribution in [0.3, 0.4) is 0 Å². The van der Waals surface area contributed by atoms with Crippen molar-refractivity contribution in [3.8, 4) is 0 Å². The topological polar surface area (TPSA) is 47.9 Å². The Morgan fingerprint density at radius 3 is 3.23 bits per heavy atom. The molecule has 0 N–H and O–H groups in total. The first-order valence-corrected chi connectivity index (χ1v) is 4.04. The quantitative estimate of drug-likeness (QED) is 0.618. The van der Waals surface area contributed by atoms with Crippen LogP contribution in [-0.2, 0) is 14.4 Å². The van der Waals surface area contributed by atoms with Crippen molar-refractivity contribution in [2.75, 3.05) is 6.61 Å². The first-order chi connectivity index (χ1) is 6.33. The van der Waals surface area contributed by atoms with Crippen molar-refractivity contribution < 1.29 is 14.4 Å². The Morgan fingerprint density at radius 2 is 2.46 bits per heavy atom. The van der Waals surface area contributed by atoms with Crippen LogP contribution in [0.1, 0.15) is 13.3 Å². The molecule has 0 aromatic carbocycles. The van der Waals surface area contributed by atoms with Crippen molar-refractivity contribution in [3.63, 3.8) is 0 Å². The summed E-state index contributed by atoms with van der Waals surface area (Å²) in [5, 5.41) is 3.69. The zero-order valence-corrected chi connectivity index (χ0v) is 7.40. The number of ether oxygens (including phenoxy) is 1. The molecule has 0 saturated carbocycles. The molecule has 4 nitrogen and oxygen atoms in total. The molecule has 0 bridgehead atoms. The molecule has 1 aliphatic heterocycles. The van der Waals surface area contributed by atoms with Gasteiger partial charge in [0.25, 0.3) is 0 Å². The summed E-state index contributed by atoms with van der Waals surface area (Å²) < 4.78 is 4.76. The lowest BCUT2D eigenvalue weighted by Crippen LogP contribution is -2.09. The molecule has 0 aromatic rings. The summed E-state index contributed by atoms with van der Waals surface area (Å²) in [4.78, 5) is 15.7. The molecule has 0 atom stereocenters. The summed E-state index contributed by atoms with van der Waals surface area (Å²) in [5.74, 6) is -0.295. The lowest BCUT2D eigenvalue weighted by molar-refractivity contribution is -0.141. The van der Waals surface area contributed by atoms with E-state index in [4.69, 9.17) is 9.57 Å². The van der Waals surface area contributed by atoms with E-state index in [1.165, 1.54) is 6.26 Å². The van der Waals surface area contributed by atoms with Gasteiger partial charge in [-0.05, 0) is 19.1 Å². The summed E-state index contributed by atoms with van der Waals surface area (Å²) in [5.41, 5.74) is 0.559. The Hall–Kier alpha value is -1.58. The SMILES string of the molecule is CCOC(=O)CC1=NOC=CC=C1. The average Bonchev–Trinajstić information content (AvgIpc) is 2.33. The van der Waals surface area contributed by atoms with Crippen molar-refractivity contribution in [3.05, 3.63) is 24.5 Å². The van der Waals surface area contributed by atoms with Gasteiger partial charge in [0.1, 0.15) is 6.26 Å². The minimum Gasteiger partial charge on any atom is -0.466 e. The van der Waals surface area contributed by atoms with Gasteiger partial charge in [0.05, 0.1) is 18.7 Å². The van der Waals surface area contributed by atoms with Crippen LogP contribution in [0.2, 0.25) is 0 Å². The molecule has 0 aliphatic carbocycles. The molecule has 1 heterocycles. The van der Waals surface area contributed by atoms with Crippen LogP contribution < -0.4 is 0 Å². The maximum atomic E-state index is 11.0. The van der Waals surface area contributed by atoms with Gasteiger partial charge in [-0.3, -0.25) is 4.79 Å². The number of hydrogen-bond donors (Lipinski definition) is 0. The number of carbonyl (C=O) groups excluding carboxylic acids is 1. The van der Waals surface area contributed by atoms with Crippen LogP contribution in [0.25, 0.3) is 0 Å². The Morgan fingerprint density at radius 1 is 1.62 bits per heavy atom. The first-order valence-electron chi connectivity index (χ1n) is 4.04. The van der Waals surface area contributed by atoms with E-state index < -0.39 is 0 Å². The fraction of sp³-hybridized carbons (Fsp3) is 0.333. The average molecular weight is 181 g/mol. The van der Waals surface area contributed by atoms with Crippen molar-refractivity contribution in [2.24, 2.45) is 5.16 Å². The van der Waals surface area contributed by atoms with Gasteiger partial charge in [0.15, 0.2) is 0 Å². The van der Waals surface area contributed by atoms with Crippen LogP contribution in [0.5, 0.6) is 0 Å². The van der Waals surface area contributed by atoms with Crippen LogP contribution in [0.4, 0.5) is 0 Å². The summed E-state index contributed by atoms with van der Waals surface area (Å²) in [6.07, 6.45) is 6.74. The highest BCUT2D eigenvalue weighted by Crippen LogP contribution is 1.98. The van der Waals surface area contributed by atoms with E-state index in [-0.39, 0.29) is 12.4 Å². The number of oxime groups is 1. The highest BCUT2D eigenvalue weighted by Gasteiger charge is 2.06. The minimum atomic E-state index is -0.295. The second-order valence-electron chi connectivity index (χ2n) is 2.36. The predicted molar refractivity (Wildman–Crippen MR) is 48.1 cm³/mol. The van der Waals surface area contributed by atoms with E-state index in [2.05, 4.69) is 5.16 Å². The third-order valence-corrected chi connectivity index (χ3v) is 1.34. The Labute approximate surface area is 76.5 Å². The smallest absolute Gasteiger partial charge is 0.311 e. The number of esters is 1. The largest absolute Gasteiger partial charge is 0.466 e. The summed E-state index contributed by atoms with van der Waals surface area (Å²) in [6.45, 7) is 2.15. The van der Waals surface area contributed by atoms with Crippen LogP contribution in [-0.4, -0.2) is 18.3 Å². The van der Waals surface area contributed by atoms with Gasteiger partial charge >= 0.3 is 5.97 Å². The van der Waals surface area contributed by atoms with Gasteiger partial charge < -0.3 is 9.57 Å². The number of allylic oxidation sites excluding steroid dienone is 3. The minimum absolute atomic E-state index is 0.145. The summed E-state index contributed by atoms with van der Waals surface area (Å²) >= 11 is 0. The molecule has 70 valence electrons.